The lowest BCUT2D eigenvalue weighted by Gasteiger charge is -2.27. The Morgan fingerprint density at radius 1 is 0.638 bits per heavy atom. The van der Waals surface area contributed by atoms with Gasteiger partial charge in [-0.1, -0.05) is 42.5 Å². The minimum absolute atomic E-state index is 0.228. The van der Waals surface area contributed by atoms with Gasteiger partial charge in [0.25, 0.3) is 0 Å². The molecule has 2 aliphatic rings. The van der Waals surface area contributed by atoms with E-state index in [1.807, 2.05) is 24.3 Å². The fraction of sp³-hybridized carbons (Fsp3) is 0.250. The molecule has 2 atom stereocenters. The highest BCUT2D eigenvalue weighted by atomic mass is 32.1. The summed E-state index contributed by atoms with van der Waals surface area (Å²) in [5.41, 5.74) is 6.81. The van der Waals surface area contributed by atoms with Gasteiger partial charge in [0.15, 0.2) is 0 Å². The average molecular weight is 645 g/mol. The Hall–Kier alpha value is -4.56. The number of ether oxygens (including phenoxy) is 4. The Labute approximate surface area is 281 Å². The summed E-state index contributed by atoms with van der Waals surface area (Å²) in [5.74, 6) is 1.74. The Balaban J connectivity index is 0.975. The van der Waals surface area contributed by atoms with E-state index in [1.54, 1.807) is 11.3 Å². The van der Waals surface area contributed by atoms with Crippen LogP contribution in [0.1, 0.15) is 28.8 Å². The van der Waals surface area contributed by atoms with Crippen LogP contribution < -0.4 is 19.3 Å². The van der Waals surface area contributed by atoms with E-state index < -0.39 is 0 Å². The van der Waals surface area contributed by atoms with E-state index in [4.69, 9.17) is 18.9 Å². The molecule has 47 heavy (non-hydrogen) atoms. The van der Waals surface area contributed by atoms with Crippen molar-refractivity contribution in [3.8, 4) is 11.5 Å². The molecule has 2 aliphatic heterocycles. The number of hydrogen-bond donors (Lipinski definition) is 0. The minimum Gasteiger partial charge on any atom is -0.491 e. The molecule has 0 N–H and O–H groups in total. The van der Waals surface area contributed by atoms with E-state index in [2.05, 4.69) is 119 Å². The lowest BCUT2D eigenvalue weighted by molar-refractivity contribution is -0.0721. The first kappa shape index (κ1) is 31.1. The van der Waals surface area contributed by atoms with Gasteiger partial charge in [-0.25, -0.2) is 0 Å². The SMILES string of the molecule is CN(c1ccc(C=Cc2ccc(N(Cc3cccs3)c3ccc(OCC4CCO4)cc3)cc2)cc1)c1ccc(OCC2CCO2)cc1. The second kappa shape index (κ2) is 14.9. The van der Waals surface area contributed by atoms with E-state index >= 15 is 0 Å². The molecule has 0 saturated carbocycles. The van der Waals surface area contributed by atoms with Gasteiger partial charge in [-0.2, -0.15) is 0 Å². The smallest absolute Gasteiger partial charge is 0.119 e. The van der Waals surface area contributed by atoms with Crippen LogP contribution in [-0.2, 0) is 16.0 Å². The lowest BCUT2D eigenvalue weighted by atomic mass is 10.1. The van der Waals surface area contributed by atoms with Crippen LogP contribution in [-0.4, -0.2) is 45.7 Å². The zero-order valence-corrected chi connectivity index (χ0v) is 27.5. The average Bonchev–Trinajstić information content (AvgIpc) is 3.59. The van der Waals surface area contributed by atoms with Crippen LogP contribution in [0.3, 0.4) is 0 Å². The van der Waals surface area contributed by atoms with Gasteiger partial charge >= 0.3 is 0 Å². The van der Waals surface area contributed by atoms with Gasteiger partial charge in [0.2, 0.25) is 0 Å². The molecule has 1 aromatic heterocycles. The zero-order valence-electron chi connectivity index (χ0n) is 26.7. The van der Waals surface area contributed by atoms with Crippen molar-refractivity contribution in [2.45, 2.75) is 31.6 Å². The lowest BCUT2D eigenvalue weighted by Crippen LogP contribution is -2.32. The van der Waals surface area contributed by atoms with Crippen LogP contribution in [0.25, 0.3) is 12.2 Å². The predicted molar refractivity (Wildman–Crippen MR) is 193 cm³/mol. The van der Waals surface area contributed by atoms with Crippen LogP contribution in [0.4, 0.5) is 22.7 Å². The summed E-state index contributed by atoms with van der Waals surface area (Å²) < 4.78 is 22.7. The van der Waals surface area contributed by atoms with Crippen molar-refractivity contribution >= 4 is 46.2 Å². The first-order valence-corrected chi connectivity index (χ1v) is 17.1. The van der Waals surface area contributed by atoms with Gasteiger partial charge in [0.05, 0.1) is 18.8 Å². The summed E-state index contributed by atoms with van der Waals surface area (Å²) in [7, 11) is 2.08. The maximum absolute atomic E-state index is 5.94. The molecule has 0 bridgehead atoms. The van der Waals surface area contributed by atoms with Gasteiger partial charge in [-0.05, 0) is 95.4 Å². The van der Waals surface area contributed by atoms with Gasteiger partial charge in [0, 0.05) is 60.7 Å². The third-order valence-electron chi connectivity index (χ3n) is 8.68. The first-order chi connectivity index (χ1) is 23.2. The van der Waals surface area contributed by atoms with E-state index in [1.165, 1.54) is 4.88 Å². The minimum atomic E-state index is 0.228. The molecular formula is C40H40N2O4S. The van der Waals surface area contributed by atoms with Gasteiger partial charge < -0.3 is 28.7 Å². The van der Waals surface area contributed by atoms with Crippen molar-refractivity contribution in [1.82, 2.24) is 0 Å². The molecule has 240 valence electrons. The van der Waals surface area contributed by atoms with E-state index in [9.17, 15) is 0 Å². The molecule has 5 aromatic rings. The normalized spacial score (nSPS) is 17.1. The van der Waals surface area contributed by atoms with Crippen molar-refractivity contribution in [2.24, 2.45) is 0 Å². The summed E-state index contributed by atoms with van der Waals surface area (Å²) in [6.07, 6.45) is 6.95. The van der Waals surface area contributed by atoms with Crippen molar-refractivity contribution in [2.75, 3.05) is 43.3 Å². The number of hydrogen-bond acceptors (Lipinski definition) is 7. The number of nitrogens with zero attached hydrogens (tertiary/aromatic N) is 2. The highest BCUT2D eigenvalue weighted by molar-refractivity contribution is 7.09. The number of anilines is 4. The number of thiophene rings is 1. The fourth-order valence-corrected chi connectivity index (χ4v) is 6.20. The van der Waals surface area contributed by atoms with E-state index in [0.29, 0.717) is 13.2 Å². The Bertz CT molecular complexity index is 1710. The van der Waals surface area contributed by atoms with Crippen molar-refractivity contribution in [3.63, 3.8) is 0 Å². The second-order valence-corrected chi connectivity index (χ2v) is 12.9. The Morgan fingerprint density at radius 3 is 1.51 bits per heavy atom. The molecule has 0 spiro atoms. The highest BCUT2D eigenvalue weighted by Crippen LogP contribution is 2.31. The number of benzene rings is 4. The molecule has 7 rings (SSSR count). The maximum Gasteiger partial charge on any atom is 0.119 e. The molecule has 7 heteroatoms. The largest absolute Gasteiger partial charge is 0.491 e. The third kappa shape index (κ3) is 8.06. The molecule has 2 fully saturated rings. The Kier molecular flexibility index (Phi) is 9.85. The van der Waals surface area contributed by atoms with Crippen molar-refractivity contribution in [1.29, 1.82) is 0 Å². The highest BCUT2D eigenvalue weighted by Gasteiger charge is 2.19. The monoisotopic (exact) mass is 644 g/mol. The van der Waals surface area contributed by atoms with Gasteiger partial charge in [-0.3, -0.25) is 0 Å². The van der Waals surface area contributed by atoms with E-state index in [0.717, 1.165) is 78.0 Å². The van der Waals surface area contributed by atoms with Gasteiger partial charge in [-0.15, -0.1) is 11.3 Å². The quantitative estimate of drug-likeness (QED) is 0.112. The molecule has 0 aliphatic carbocycles. The molecule has 0 amide bonds. The van der Waals surface area contributed by atoms with Crippen LogP contribution in [0.5, 0.6) is 11.5 Å². The zero-order chi connectivity index (χ0) is 31.8. The maximum atomic E-state index is 5.94. The van der Waals surface area contributed by atoms with Crippen LogP contribution >= 0.6 is 11.3 Å². The molecule has 4 aromatic carbocycles. The van der Waals surface area contributed by atoms with Crippen molar-refractivity contribution in [3.05, 3.63) is 131 Å². The molecule has 2 saturated heterocycles. The third-order valence-corrected chi connectivity index (χ3v) is 9.54. The molecular weight excluding hydrogens is 605 g/mol. The summed E-state index contributed by atoms with van der Waals surface area (Å²) in [5, 5.41) is 2.13. The topological polar surface area (TPSA) is 43.4 Å². The second-order valence-electron chi connectivity index (χ2n) is 11.9. The Morgan fingerprint density at radius 2 is 1.09 bits per heavy atom. The number of rotatable bonds is 14. The first-order valence-electron chi connectivity index (χ1n) is 16.3. The fourth-order valence-electron chi connectivity index (χ4n) is 5.50. The van der Waals surface area contributed by atoms with E-state index in [-0.39, 0.29) is 12.2 Å². The van der Waals surface area contributed by atoms with Gasteiger partial charge in [0.1, 0.15) is 24.7 Å². The summed E-state index contributed by atoms with van der Waals surface area (Å²) >= 11 is 1.78. The summed E-state index contributed by atoms with van der Waals surface area (Å²) in [4.78, 5) is 5.84. The van der Waals surface area contributed by atoms with Crippen LogP contribution in [0, 0.1) is 0 Å². The molecule has 6 nitrogen and oxygen atoms in total. The summed E-state index contributed by atoms with van der Waals surface area (Å²) in [6.45, 7) is 3.71. The van der Waals surface area contributed by atoms with Crippen LogP contribution in [0.15, 0.2) is 115 Å². The van der Waals surface area contributed by atoms with Crippen LogP contribution in [0.2, 0.25) is 0 Å². The predicted octanol–water partition coefficient (Wildman–Crippen LogP) is 9.36. The molecule has 0 radical (unpaired) electrons. The van der Waals surface area contributed by atoms with Crippen molar-refractivity contribution < 1.29 is 18.9 Å². The molecule has 2 unspecified atom stereocenters. The summed E-state index contributed by atoms with van der Waals surface area (Å²) in [6, 6.07) is 38.2. The standard InChI is InChI=1S/C40H40N2O4S/c1-41(33-14-18-36(19-15-33)45-28-38-22-24-43-38)32-10-6-30(7-11-32)4-5-31-8-12-34(13-9-31)42(27-40-3-2-26-47-40)35-16-20-37(21-17-35)46-29-39-23-25-44-39/h2-21,26,38-39H,22-25,27-29H2,1H3. The molecule has 3 heterocycles.